The minimum Gasteiger partial charge on any atom is -0.494 e. The first-order valence-corrected chi connectivity index (χ1v) is 5.95. The highest BCUT2D eigenvalue weighted by molar-refractivity contribution is 6.20. The van der Waals surface area contributed by atoms with Crippen LogP contribution >= 0.6 is 11.6 Å². The minimum atomic E-state index is 0.268. The number of rotatable bonds is 6. The van der Waals surface area contributed by atoms with Gasteiger partial charge < -0.3 is 4.74 Å². The molecule has 1 rings (SSSR count). The molecular formula is C13H19ClO. The third-order valence-electron chi connectivity index (χ3n) is 2.36. The number of halogens is 1. The number of benzene rings is 1. The molecule has 1 atom stereocenters. The number of para-hydroxylation sites is 1. The first kappa shape index (κ1) is 12.4. The molecule has 0 saturated heterocycles. The van der Waals surface area contributed by atoms with Crippen LogP contribution in [0.5, 0.6) is 5.75 Å². The predicted octanol–water partition coefficient (Wildman–Crippen LogP) is 4.11. The van der Waals surface area contributed by atoms with Gasteiger partial charge in [-0.3, -0.25) is 0 Å². The van der Waals surface area contributed by atoms with E-state index in [2.05, 4.69) is 13.8 Å². The van der Waals surface area contributed by atoms with E-state index < -0.39 is 0 Å². The quantitative estimate of drug-likeness (QED) is 0.524. The lowest BCUT2D eigenvalue weighted by Gasteiger charge is -2.13. The fourth-order valence-electron chi connectivity index (χ4n) is 1.32. The Balaban J connectivity index is 2.12. The SMILES string of the molecule is CC(C)C(Cl)CCCOc1ccccc1. The van der Waals surface area contributed by atoms with E-state index in [-0.39, 0.29) is 5.38 Å². The number of hydrogen-bond acceptors (Lipinski definition) is 1. The van der Waals surface area contributed by atoms with Gasteiger partial charge in [0, 0.05) is 5.38 Å². The maximum atomic E-state index is 6.14. The number of ether oxygens (including phenoxy) is 1. The van der Waals surface area contributed by atoms with Gasteiger partial charge in [-0.1, -0.05) is 32.0 Å². The van der Waals surface area contributed by atoms with E-state index in [4.69, 9.17) is 16.3 Å². The Kier molecular flexibility index (Phi) is 5.56. The molecule has 2 heteroatoms. The van der Waals surface area contributed by atoms with Crippen molar-refractivity contribution in [1.29, 1.82) is 0 Å². The van der Waals surface area contributed by atoms with Crippen LogP contribution in [-0.2, 0) is 0 Å². The highest BCUT2D eigenvalue weighted by Crippen LogP contribution is 2.16. The zero-order valence-electron chi connectivity index (χ0n) is 9.45. The van der Waals surface area contributed by atoms with Gasteiger partial charge in [-0.05, 0) is 30.9 Å². The van der Waals surface area contributed by atoms with Crippen LogP contribution in [-0.4, -0.2) is 12.0 Å². The van der Waals surface area contributed by atoms with E-state index in [1.54, 1.807) is 0 Å². The smallest absolute Gasteiger partial charge is 0.119 e. The molecule has 0 aromatic heterocycles. The van der Waals surface area contributed by atoms with Crippen LogP contribution < -0.4 is 4.74 Å². The first-order valence-electron chi connectivity index (χ1n) is 5.52. The summed E-state index contributed by atoms with van der Waals surface area (Å²) in [5, 5.41) is 0.268. The minimum absolute atomic E-state index is 0.268. The largest absolute Gasteiger partial charge is 0.494 e. The Labute approximate surface area is 97.4 Å². The molecule has 15 heavy (non-hydrogen) atoms. The van der Waals surface area contributed by atoms with E-state index in [1.165, 1.54) is 0 Å². The summed E-state index contributed by atoms with van der Waals surface area (Å²) >= 11 is 6.14. The van der Waals surface area contributed by atoms with Crippen molar-refractivity contribution in [1.82, 2.24) is 0 Å². The zero-order valence-corrected chi connectivity index (χ0v) is 10.2. The summed E-state index contributed by atoms with van der Waals surface area (Å²) in [6, 6.07) is 9.89. The average molecular weight is 227 g/mol. The zero-order chi connectivity index (χ0) is 11.1. The molecular weight excluding hydrogens is 208 g/mol. The van der Waals surface area contributed by atoms with Gasteiger partial charge in [0.2, 0.25) is 0 Å². The van der Waals surface area contributed by atoms with Crippen molar-refractivity contribution in [3.05, 3.63) is 30.3 Å². The van der Waals surface area contributed by atoms with Crippen LogP contribution in [0.4, 0.5) is 0 Å². The predicted molar refractivity (Wildman–Crippen MR) is 65.7 cm³/mol. The molecule has 1 nitrogen and oxygen atoms in total. The number of alkyl halides is 1. The van der Waals surface area contributed by atoms with Crippen LogP contribution in [0.15, 0.2) is 30.3 Å². The first-order chi connectivity index (χ1) is 7.20. The monoisotopic (exact) mass is 226 g/mol. The van der Waals surface area contributed by atoms with E-state index in [0.29, 0.717) is 5.92 Å². The normalized spacial score (nSPS) is 12.8. The van der Waals surface area contributed by atoms with Crippen LogP contribution in [0.3, 0.4) is 0 Å². The van der Waals surface area contributed by atoms with Crippen molar-refractivity contribution in [3.8, 4) is 5.75 Å². The molecule has 0 aliphatic rings. The Morgan fingerprint density at radius 3 is 2.47 bits per heavy atom. The Morgan fingerprint density at radius 1 is 1.20 bits per heavy atom. The van der Waals surface area contributed by atoms with Gasteiger partial charge in [-0.15, -0.1) is 11.6 Å². The van der Waals surface area contributed by atoms with Crippen molar-refractivity contribution in [2.45, 2.75) is 32.1 Å². The van der Waals surface area contributed by atoms with Crippen LogP contribution in [0, 0.1) is 5.92 Å². The molecule has 1 aromatic carbocycles. The topological polar surface area (TPSA) is 9.23 Å². The lowest BCUT2D eigenvalue weighted by molar-refractivity contribution is 0.302. The van der Waals surface area contributed by atoms with Crippen LogP contribution in [0.1, 0.15) is 26.7 Å². The molecule has 1 unspecified atom stereocenters. The maximum absolute atomic E-state index is 6.14. The Morgan fingerprint density at radius 2 is 1.87 bits per heavy atom. The van der Waals surface area contributed by atoms with Gasteiger partial charge in [-0.2, -0.15) is 0 Å². The second-order valence-electron chi connectivity index (χ2n) is 4.06. The van der Waals surface area contributed by atoms with Crippen molar-refractivity contribution < 1.29 is 4.74 Å². The summed E-state index contributed by atoms with van der Waals surface area (Å²) in [6.45, 7) is 5.05. The van der Waals surface area contributed by atoms with Crippen LogP contribution in [0.2, 0.25) is 0 Å². The fourth-order valence-corrected chi connectivity index (χ4v) is 1.47. The molecule has 0 amide bonds. The summed E-state index contributed by atoms with van der Waals surface area (Å²) in [5.41, 5.74) is 0. The van der Waals surface area contributed by atoms with E-state index in [9.17, 15) is 0 Å². The summed E-state index contributed by atoms with van der Waals surface area (Å²) in [7, 11) is 0. The standard InChI is InChI=1S/C13H19ClO/c1-11(2)13(14)9-6-10-15-12-7-4-3-5-8-12/h3-5,7-8,11,13H,6,9-10H2,1-2H3. The molecule has 0 bridgehead atoms. The Bertz CT molecular complexity index is 258. The summed E-state index contributed by atoms with van der Waals surface area (Å²) < 4.78 is 5.58. The van der Waals surface area contributed by atoms with Gasteiger partial charge in [0.15, 0.2) is 0 Å². The van der Waals surface area contributed by atoms with Crippen molar-refractivity contribution in [2.24, 2.45) is 5.92 Å². The molecule has 0 N–H and O–H groups in total. The molecule has 0 fully saturated rings. The van der Waals surface area contributed by atoms with Gasteiger partial charge in [0.05, 0.1) is 6.61 Å². The molecule has 0 spiro atoms. The molecule has 1 aromatic rings. The molecule has 0 heterocycles. The molecule has 0 radical (unpaired) electrons. The second kappa shape index (κ2) is 6.73. The molecule has 0 aliphatic heterocycles. The molecule has 0 saturated carbocycles. The number of hydrogen-bond donors (Lipinski definition) is 0. The summed E-state index contributed by atoms with van der Waals surface area (Å²) in [6.07, 6.45) is 2.04. The summed E-state index contributed by atoms with van der Waals surface area (Å²) in [5.74, 6) is 1.48. The van der Waals surface area contributed by atoms with E-state index in [1.807, 2.05) is 30.3 Å². The third-order valence-corrected chi connectivity index (χ3v) is 3.08. The lowest BCUT2D eigenvalue weighted by atomic mass is 10.1. The summed E-state index contributed by atoms with van der Waals surface area (Å²) in [4.78, 5) is 0. The highest BCUT2D eigenvalue weighted by Gasteiger charge is 2.08. The van der Waals surface area contributed by atoms with Gasteiger partial charge in [-0.25, -0.2) is 0 Å². The van der Waals surface area contributed by atoms with Crippen molar-refractivity contribution >= 4 is 11.6 Å². The van der Waals surface area contributed by atoms with Crippen molar-refractivity contribution in [3.63, 3.8) is 0 Å². The van der Waals surface area contributed by atoms with E-state index in [0.717, 1.165) is 25.2 Å². The molecule has 84 valence electrons. The maximum Gasteiger partial charge on any atom is 0.119 e. The molecule has 0 aliphatic carbocycles. The fraction of sp³-hybridized carbons (Fsp3) is 0.538. The third kappa shape index (κ3) is 5.08. The second-order valence-corrected chi connectivity index (χ2v) is 4.62. The van der Waals surface area contributed by atoms with Gasteiger partial charge in [0.25, 0.3) is 0 Å². The highest BCUT2D eigenvalue weighted by atomic mass is 35.5. The van der Waals surface area contributed by atoms with Crippen LogP contribution in [0.25, 0.3) is 0 Å². The average Bonchev–Trinajstić information content (AvgIpc) is 2.25. The van der Waals surface area contributed by atoms with E-state index >= 15 is 0 Å². The van der Waals surface area contributed by atoms with Crippen molar-refractivity contribution in [2.75, 3.05) is 6.61 Å². The lowest BCUT2D eigenvalue weighted by Crippen LogP contribution is -2.09. The Hall–Kier alpha value is -0.690. The van der Waals surface area contributed by atoms with Gasteiger partial charge in [0.1, 0.15) is 5.75 Å². The van der Waals surface area contributed by atoms with Gasteiger partial charge >= 0.3 is 0 Å².